The van der Waals surface area contributed by atoms with Gasteiger partial charge in [0.15, 0.2) is 0 Å². The van der Waals surface area contributed by atoms with Gasteiger partial charge in [-0.1, -0.05) is 66.6 Å². The van der Waals surface area contributed by atoms with Crippen LogP contribution in [0.3, 0.4) is 0 Å². The molecule has 1 atom stereocenters. The summed E-state index contributed by atoms with van der Waals surface area (Å²) in [7, 11) is -4.11. The first-order valence-electron chi connectivity index (χ1n) is 14.0. The average molecular weight is 578 g/mol. The van der Waals surface area contributed by atoms with Crippen LogP contribution in [0.15, 0.2) is 71.6 Å². The molecule has 1 N–H and O–H groups in total. The number of nitrogens with one attached hydrogen (secondary N) is 1. The molecule has 0 saturated heterocycles. The molecule has 0 spiro atoms. The van der Waals surface area contributed by atoms with E-state index in [9.17, 15) is 18.0 Å². The Hall–Kier alpha value is -3.65. The number of amides is 2. The van der Waals surface area contributed by atoms with Gasteiger partial charge in [0, 0.05) is 12.1 Å². The third-order valence-corrected chi connectivity index (χ3v) is 8.61. The molecule has 0 aliphatic rings. The highest BCUT2D eigenvalue weighted by atomic mass is 32.2. The van der Waals surface area contributed by atoms with Crippen molar-refractivity contribution in [3.63, 3.8) is 0 Å². The van der Waals surface area contributed by atoms with Gasteiger partial charge in [0.25, 0.3) is 10.0 Å². The van der Waals surface area contributed by atoms with Crippen molar-refractivity contribution in [2.24, 2.45) is 0 Å². The molecule has 0 aromatic heterocycles. The van der Waals surface area contributed by atoms with Gasteiger partial charge in [-0.25, -0.2) is 8.42 Å². The van der Waals surface area contributed by atoms with Crippen LogP contribution in [0.5, 0.6) is 0 Å². The fraction of sp³-hybridized carbons (Fsp3) is 0.394. The van der Waals surface area contributed by atoms with E-state index < -0.39 is 34.1 Å². The van der Waals surface area contributed by atoms with Crippen LogP contribution in [0.1, 0.15) is 61.9 Å². The minimum absolute atomic E-state index is 0.0968. The van der Waals surface area contributed by atoms with E-state index in [-0.39, 0.29) is 17.3 Å². The highest BCUT2D eigenvalue weighted by molar-refractivity contribution is 7.92. The van der Waals surface area contributed by atoms with E-state index in [0.717, 1.165) is 27.8 Å². The molecular formula is C33H43N3O4S. The predicted octanol–water partition coefficient (Wildman–Crippen LogP) is 5.84. The highest BCUT2D eigenvalue weighted by Gasteiger charge is 2.35. The number of aryl methyl sites for hydroxylation is 4. The van der Waals surface area contributed by atoms with E-state index in [0.29, 0.717) is 12.1 Å². The lowest BCUT2D eigenvalue weighted by Gasteiger charge is -2.35. The van der Waals surface area contributed by atoms with Gasteiger partial charge in [0.05, 0.1) is 10.6 Å². The molecule has 0 saturated carbocycles. The van der Waals surface area contributed by atoms with Crippen molar-refractivity contribution < 1.29 is 18.0 Å². The lowest BCUT2D eigenvalue weighted by Crippen LogP contribution is -2.55. The molecule has 220 valence electrons. The summed E-state index contributed by atoms with van der Waals surface area (Å²) in [5, 5.41) is 3.00. The van der Waals surface area contributed by atoms with Crippen LogP contribution >= 0.6 is 0 Å². The van der Waals surface area contributed by atoms with E-state index in [1.807, 2.05) is 91.8 Å². The zero-order valence-electron chi connectivity index (χ0n) is 25.5. The first kappa shape index (κ1) is 31.9. The van der Waals surface area contributed by atoms with Crippen molar-refractivity contribution in [2.45, 2.75) is 84.8 Å². The average Bonchev–Trinajstić information content (AvgIpc) is 2.87. The van der Waals surface area contributed by atoms with Crippen molar-refractivity contribution >= 4 is 27.5 Å². The Balaban J connectivity index is 2.12. The molecule has 3 rings (SSSR count). The lowest BCUT2D eigenvalue weighted by atomic mass is 10.0. The molecule has 0 radical (unpaired) electrons. The Morgan fingerprint density at radius 3 is 2.05 bits per heavy atom. The van der Waals surface area contributed by atoms with Crippen molar-refractivity contribution in [3.8, 4) is 0 Å². The monoisotopic (exact) mass is 577 g/mol. The minimum Gasteiger partial charge on any atom is -0.350 e. The topological polar surface area (TPSA) is 86.8 Å². The molecule has 41 heavy (non-hydrogen) atoms. The second-order valence-corrected chi connectivity index (χ2v) is 13.7. The molecule has 7 nitrogen and oxygen atoms in total. The first-order chi connectivity index (χ1) is 19.1. The zero-order valence-corrected chi connectivity index (χ0v) is 26.3. The molecule has 0 unspecified atom stereocenters. The number of carbonyl (C=O) groups excluding carboxylic acids is 2. The van der Waals surface area contributed by atoms with Gasteiger partial charge in [0.2, 0.25) is 11.8 Å². The van der Waals surface area contributed by atoms with Gasteiger partial charge in [-0.2, -0.15) is 0 Å². The smallest absolute Gasteiger partial charge is 0.264 e. The Morgan fingerprint density at radius 2 is 1.46 bits per heavy atom. The Morgan fingerprint density at radius 1 is 0.854 bits per heavy atom. The molecule has 2 amide bonds. The minimum atomic E-state index is -4.11. The number of sulfonamides is 1. The SMILES string of the molecule is CC[C@H](C(=O)NC(C)(C)C)N(Cc1cccc(C)c1)C(=O)CN(c1cc(C)ccc1C)S(=O)(=O)c1ccc(C)cc1. The normalized spacial score (nSPS) is 12.5. The molecule has 0 heterocycles. The van der Waals surface area contributed by atoms with E-state index in [1.165, 1.54) is 9.21 Å². The first-order valence-corrected chi connectivity index (χ1v) is 15.4. The van der Waals surface area contributed by atoms with Crippen molar-refractivity contribution in [2.75, 3.05) is 10.8 Å². The highest BCUT2D eigenvalue weighted by Crippen LogP contribution is 2.29. The summed E-state index contributed by atoms with van der Waals surface area (Å²) in [6.45, 7) is 14.8. The number of hydrogen-bond acceptors (Lipinski definition) is 4. The predicted molar refractivity (Wildman–Crippen MR) is 165 cm³/mol. The molecule has 0 bridgehead atoms. The summed E-state index contributed by atoms with van der Waals surface area (Å²) in [5.74, 6) is -0.736. The van der Waals surface area contributed by atoms with Gasteiger partial charge in [-0.15, -0.1) is 0 Å². The number of carbonyl (C=O) groups is 2. The van der Waals surface area contributed by atoms with Crippen molar-refractivity contribution in [1.82, 2.24) is 10.2 Å². The molecule has 0 fully saturated rings. The zero-order chi connectivity index (χ0) is 30.5. The molecule has 3 aromatic carbocycles. The lowest BCUT2D eigenvalue weighted by molar-refractivity contribution is -0.141. The summed E-state index contributed by atoms with van der Waals surface area (Å²) in [5.41, 5.74) is 4.35. The summed E-state index contributed by atoms with van der Waals surface area (Å²) >= 11 is 0. The fourth-order valence-electron chi connectivity index (χ4n) is 4.72. The van der Waals surface area contributed by atoms with Crippen LogP contribution < -0.4 is 9.62 Å². The van der Waals surface area contributed by atoms with Crippen LogP contribution in [-0.2, 0) is 26.2 Å². The molecule has 3 aromatic rings. The number of rotatable bonds is 10. The van der Waals surface area contributed by atoms with Crippen LogP contribution in [-0.4, -0.2) is 43.3 Å². The van der Waals surface area contributed by atoms with Crippen LogP contribution in [0.2, 0.25) is 0 Å². The standard InChI is InChI=1S/C33H43N3O4S/c1-9-29(32(38)34-33(6,7)8)35(21-27-12-10-11-24(3)19-27)31(37)22-36(30-20-25(4)13-16-26(30)5)41(39,40)28-17-14-23(2)15-18-28/h10-20,29H,9,21-22H2,1-8H3,(H,34,38)/t29-/m1/s1. The van der Waals surface area contributed by atoms with Gasteiger partial charge in [-0.3, -0.25) is 13.9 Å². The molecular weight excluding hydrogens is 534 g/mol. The maximum Gasteiger partial charge on any atom is 0.264 e. The second kappa shape index (κ2) is 12.9. The van der Waals surface area contributed by atoms with Gasteiger partial charge in [0.1, 0.15) is 12.6 Å². The van der Waals surface area contributed by atoms with E-state index in [2.05, 4.69) is 5.32 Å². The van der Waals surface area contributed by atoms with Gasteiger partial charge in [-0.05, 0) is 89.8 Å². The van der Waals surface area contributed by atoms with E-state index in [4.69, 9.17) is 0 Å². The van der Waals surface area contributed by atoms with E-state index in [1.54, 1.807) is 30.3 Å². The third-order valence-electron chi connectivity index (χ3n) is 6.84. The number of nitrogens with zero attached hydrogens (tertiary/aromatic N) is 2. The summed E-state index contributed by atoms with van der Waals surface area (Å²) in [4.78, 5) is 29.3. The summed E-state index contributed by atoms with van der Waals surface area (Å²) in [6.07, 6.45) is 0.369. The fourth-order valence-corrected chi connectivity index (χ4v) is 6.19. The Labute approximate surface area is 245 Å². The molecule has 0 aliphatic heterocycles. The van der Waals surface area contributed by atoms with Crippen molar-refractivity contribution in [1.29, 1.82) is 0 Å². The number of hydrogen-bond donors (Lipinski definition) is 1. The summed E-state index contributed by atoms with van der Waals surface area (Å²) in [6, 6.07) is 19.1. The molecule has 0 aliphatic carbocycles. The van der Waals surface area contributed by atoms with Gasteiger partial charge < -0.3 is 10.2 Å². The van der Waals surface area contributed by atoms with Crippen LogP contribution in [0.4, 0.5) is 5.69 Å². The third kappa shape index (κ3) is 8.19. The largest absolute Gasteiger partial charge is 0.350 e. The second-order valence-electron chi connectivity index (χ2n) is 11.8. The number of anilines is 1. The van der Waals surface area contributed by atoms with Crippen LogP contribution in [0, 0.1) is 27.7 Å². The molecule has 8 heteroatoms. The Bertz CT molecular complexity index is 1490. The maximum atomic E-state index is 14.3. The Kier molecular flexibility index (Phi) is 10.0. The maximum absolute atomic E-state index is 14.3. The summed E-state index contributed by atoms with van der Waals surface area (Å²) < 4.78 is 29.4. The van der Waals surface area contributed by atoms with Gasteiger partial charge >= 0.3 is 0 Å². The van der Waals surface area contributed by atoms with Crippen molar-refractivity contribution in [3.05, 3.63) is 94.5 Å². The quantitative estimate of drug-likeness (QED) is 0.328. The number of benzene rings is 3. The van der Waals surface area contributed by atoms with E-state index >= 15 is 0 Å². The van der Waals surface area contributed by atoms with Crippen LogP contribution in [0.25, 0.3) is 0 Å².